The summed E-state index contributed by atoms with van der Waals surface area (Å²) >= 11 is 0. The number of carboxylic acids is 1. The van der Waals surface area contributed by atoms with Crippen molar-refractivity contribution >= 4 is 12.0 Å². The highest BCUT2D eigenvalue weighted by molar-refractivity contribution is 5.78. The van der Waals surface area contributed by atoms with Crippen LogP contribution in [-0.2, 0) is 4.79 Å². The van der Waals surface area contributed by atoms with Crippen molar-refractivity contribution < 1.29 is 14.7 Å². The first-order chi connectivity index (χ1) is 7.88. The van der Waals surface area contributed by atoms with Crippen molar-refractivity contribution in [3.8, 4) is 0 Å². The van der Waals surface area contributed by atoms with E-state index in [4.69, 9.17) is 5.11 Å². The first-order valence-corrected chi connectivity index (χ1v) is 5.77. The number of urea groups is 1. The van der Waals surface area contributed by atoms with Crippen molar-refractivity contribution in [2.75, 3.05) is 13.1 Å². The molecule has 5 nitrogen and oxygen atoms in total. The van der Waals surface area contributed by atoms with E-state index in [1.807, 2.05) is 0 Å². The molecule has 0 aromatic heterocycles. The van der Waals surface area contributed by atoms with Gasteiger partial charge in [-0.25, -0.2) is 4.79 Å². The molecular formula is C12H20N2O3. The van der Waals surface area contributed by atoms with E-state index < -0.39 is 11.4 Å². The van der Waals surface area contributed by atoms with Crippen LogP contribution in [-0.4, -0.2) is 41.1 Å². The van der Waals surface area contributed by atoms with Crippen LogP contribution in [0.3, 0.4) is 0 Å². The predicted molar refractivity (Wildman–Crippen MR) is 64.7 cm³/mol. The third-order valence-corrected chi connectivity index (χ3v) is 2.83. The molecular weight excluding hydrogens is 220 g/mol. The lowest BCUT2D eigenvalue weighted by Gasteiger charge is -2.25. The number of rotatable bonds is 6. The van der Waals surface area contributed by atoms with Crippen LogP contribution >= 0.6 is 0 Å². The summed E-state index contributed by atoms with van der Waals surface area (Å²) in [6.07, 6.45) is 3.72. The van der Waals surface area contributed by atoms with Gasteiger partial charge in [-0.2, -0.15) is 0 Å². The van der Waals surface area contributed by atoms with Crippen molar-refractivity contribution in [2.24, 2.45) is 5.41 Å². The summed E-state index contributed by atoms with van der Waals surface area (Å²) in [7, 11) is 0. The predicted octanol–water partition coefficient (Wildman–Crippen LogP) is 1.46. The highest BCUT2D eigenvalue weighted by Crippen LogP contribution is 2.26. The van der Waals surface area contributed by atoms with Crippen LogP contribution in [0, 0.1) is 5.41 Å². The van der Waals surface area contributed by atoms with Gasteiger partial charge in [0.05, 0.1) is 5.41 Å². The summed E-state index contributed by atoms with van der Waals surface area (Å²) in [6, 6.07) is 0.0858. The number of carbonyl (C=O) groups is 2. The second-order valence-electron chi connectivity index (χ2n) is 5.02. The molecule has 0 bridgehead atoms. The third-order valence-electron chi connectivity index (χ3n) is 2.83. The Labute approximate surface area is 101 Å². The Bertz CT molecular complexity index is 322. The zero-order valence-corrected chi connectivity index (χ0v) is 10.4. The molecule has 2 N–H and O–H groups in total. The molecule has 1 saturated carbocycles. The monoisotopic (exact) mass is 240 g/mol. The normalized spacial score (nSPS) is 15.2. The number of aliphatic carboxylic acids is 1. The van der Waals surface area contributed by atoms with E-state index in [1.54, 1.807) is 24.8 Å². The van der Waals surface area contributed by atoms with E-state index >= 15 is 0 Å². The lowest BCUT2D eigenvalue weighted by molar-refractivity contribution is -0.146. The third kappa shape index (κ3) is 3.76. The van der Waals surface area contributed by atoms with Gasteiger partial charge in [-0.3, -0.25) is 4.79 Å². The van der Waals surface area contributed by atoms with Gasteiger partial charge >= 0.3 is 12.0 Å². The minimum absolute atomic E-state index is 0.127. The van der Waals surface area contributed by atoms with E-state index in [2.05, 4.69) is 11.9 Å². The van der Waals surface area contributed by atoms with Gasteiger partial charge in [0.25, 0.3) is 0 Å². The number of carboxylic acid groups (broad SMARTS) is 1. The van der Waals surface area contributed by atoms with Crippen LogP contribution in [0.5, 0.6) is 0 Å². The number of amides is 2. The largest absolute Gasteiger partial charge is 0.481 e. The van der Waals surface area contributed by atoms with Gasteiger partial charge in [0.1, 0.15) is 0 Å². The van der Waals surface area contributed by atoms with Crippen LogP contribution in [0.15, 0.2) is 12.7 Å². The van der Waals surface area contributed by atoms with Gasteiger partial charge in [-0.15, -0.1) is 6.58 Å². The zero-order valence-electron chi connectivity index (χ0n) is 10.4. The Morgan fingerprint density at radius 1 is 1.53 bits per heavy atom. The van der Waals surface area contributed by atoms with Crippen molar-refractivity contribution in [2.45, 2.75) is 32.7 Å². The fourth-order valence-electron chi connectivity index (χ4n) is 1.40. The molecule has 0 aromatic rings. The Morgan fingerprint density at radius 2 is 2.12 bits per heavy atom. The smallest absolute Gasteiger partial charge is 0.317 e. The number of carbonyl (C=O) groups excluding carboxylic acids is 1. The van der Waals surface area contributed by atoms with Gasteiger partial charge in [0, 0.05) is 19.1 Å². The highest BCUT2D eigenvalue weighted by atomic mass is 16.4. The number of nitrogens with zero attached hydrogens (tertiary/aromatic N) is 1. The van der Waals surface area contributed by atoms with Gasteiger partial charge in [0.15, 0.2) is 0 Å². The molecule has 96 valence electrons. The first kappa shape index (κ1) is 13.5. The molecule has 0 radical (unpaired) electrons. The van der Waals surface area contributed by atoms with Gasteiger partial charge in [-0.1, -0.05) is 6.08 Å². The minimum atomic E-state index is -0.945. The highest BCUT2D eigenvalue weighted by Gasteiger charge is 2.33. The second kappa shape index (κ2) is 5.21. The maximum absolute atomic E-state index is 11.9. The van der Waals surface area contributed by atoms with Crippen molar-refractivity contribution in [1.29, 1.82) is 0 Å². The summed E-state index contributed by atoms with van der Waals surface area (Å²) in [6.45, 7) is 7.42. The van der Waals surface area contributed by atoms with E-state index in [9.17, 15) is 9.59 Å². The molecule has 1 fully saturated rings. The molecule has 2 amide bonds. The average molecular weight is 240 g/mol. The Morgan fingerprint density at radius 3 is 2.53 bits per heavy atom. The summed E-state index contributed by atoms with van der Waals surface area (Å²) in [5.41, 5.74) is -0.945. The Balaban J connectivity index is 2.47. The van der Waals surface area contributed by atoms with Gasteiger partial charge in [0.2, 0.25) is 0 Å². The fourth-order valence-corrected chi connectivity index (χ4v) is 1.40. The molecule has 0 unspecified atom stereocenters. The second-order valence-corrected chi connectivity index (χ2v) is 5.02. The molecule has 0 aromatic carbocycles. The maximum Gasteiger partial charge on any atom is 0.317 e. The number of hydrogen-bond acceptors (Lipinski definition) is 2. The first-order valence-electron chi connectivity index (χ1n) is 5.77. The Kier molecular flexibility index (Phi) is 4.15. The van der Waals surface area contributed by atoms with E-state index in [0.29, 0.717) is 12.6 Å². The maximum atomic E-state index is 11.9. The van der Waals surface area contributed by atoms with Crippen molar-refractivity contribution in [1.82, 2.24) is 10.2 Å². The summed E-state index contributed by atoms with van der Waals surface area (Å²) in [4.78, 5) is 24.5. The molecule has 0 aliphatic heterocycles. The van der Waals surface area contributed by atoms with Crippen LogP contribution in [0.1, 0.15) is 26.7 Å². The lowest BCUT2D eigenvalue weighted by Crippen LogP contribution is -2.46. The van der Waals surface area contributed by atoms with E-state index in [-0.39, 0.29) is 12.6 Å². The minimum Gasteiger partial charge on any atom is -0.481 e. The van der Waals surface area contributed by atoms with Crippen molar-refractivity contribution in [3.63, 3.8) is 0 Å². The topological polar surface area (TPSA) is 69.6 Å². The van der Waals surface area contributed by atoms with Crippen LogP contribution in [0.2, 0.25) is 0 Å². The lowest BCUT2D eigenvalue weighted by atomic mass is 9.94. The zero-order chi connectivity index (χ0) is 13.1. The molecule has 1 aliphatic rings. The number of hydrogen-bond donors (Lipinski definition) is 2. The summed E-state index contributed by atoms with van der Waals surface area (Å²) in [5.74, 6) is -0.917. The van der Waals surface area contributed by atoms with Crippen LogP contribution < -0.4 is 5.32 Å². The molecule has 0 saturated heterocycles. The standard InChI is InChI=1S/C12H20N2O3/c1-4-7-14(9-5-6-9)11(17)13-8-12(2,3)10(15)16/h4,9H,1,5-8H2,2-3H3,(H,13,17)(H,15,16). The van der Waals surface area contributed by atoms with Crippen molar-refractivity contribution in [3.05, 3.63) is 12.7 Å². The molecule has 0 heterocycles. The molecule has 5 heteroatoms. The van der Waals surface area contributed by atoms with Crippen LogP contribution in [0.25, 0.3) is 0 Å². The number of nitrogens with one attached hydrogen (secondary N) is 1. The van der Waals surface area contributed by atoms with Crippen LogP contribution in [0.4, 0.5) is 4.79 Å². The molecule has 0 spiro atoms. The molecule has 17 heavy (non-hydrogen) atoms. The van der Waals surface area contributed by atoms with E-state index in [1.165, 1.54) is 0 Å². The van der Waals surface area contributed by atoms with Gasteiger partial charge < -0.3 is 15.3 Å². The average Bonchev–Trinajstić information content (AvgIpc) is 3.06. The van der Waals surface area contributed by atoms with E-state index in [0.717, 1.165) is 12.8 Å². The Hall–Kier alpha value is -1.52. The summed E-state index contributed by atoms with van der Waals surface area (Å²) in [5, 5.41) is 11.6. The molecule has 0 atom stereocenters. The SMILES string of the molecule is C=CCN(C(=O)NCC(C)(C)C(=O)O)C1CC1. The fraction of sp³-hybridized carbons (Fsp3) is 0.667. The summed E-state index contributed by atoms with van der Waals surface area (Å²) < 4.78 is 0. The quantitative estimate of drug-likeness (QED) is 0.690. The molecule has 1 aliphatic carbocycles. The molecule has 1 rings (SSSR count). The van der Waals surface area contributed by atoms with Gasteiger partial charge in [-0.05, 0) is 26.7 Å².